The number of hydrogen-bond donors (Lipinski definition) is 0. The zero-order valence-corrected chi connectivity index (χ0v) is 12.5. The standard InChI is InChI=1S/C17H22O4/c1-19-17(18)9-7-5-3-2-4-6-8-14-10-11-15-16(12-14)21-13-20-15/h6,8,10-12H,2-5,7,9,13H2,1H3. The number of carbonyl (C=O) groups excluding carboxylic acids is 1. The van der Waals surface area contributed by atoms with Gasteiger partial charge in [0.2, 0.25) is 6.79 Å². The Morgan fingerprint density at radius 1 is 1.19 bits per heavy atom. The first-order valence-electron chi connectivity index (χ1n) is 7.42. The van der Waals surface area contributed by atoms with Gasteiger partial charge in [-0.2, -0.15) is 0 Å². The molecule has 4 heteroatoms. The van der Waals surface area contributed by atoms with E-state index in [4.69, 9.17) is 9.47 Å². The van der Waals surface area contributed by atoms with Gasteiger partial charge in [-0.1, -0.05) is 31.1 Å². The number of carbonyl (C=O) groups is 1. The molecular weight excluding hydrogens is 268 g/mol. The highest BCUT2D eigenvalue weighted by molar-refractivity contribution is 5.68. The molecule has 114 valence electrons. The van der Waals surface area contributed by atoms with Crippen LogP contribution in [0.1, 0.15) is 44.1 Å². The fourth-order valence-electron chi connectivity index (χ4n) is 2.22. The smallest absolute Gasteiger partial charge is 0.305 e. The highest BCUT2D eigenvalue weighted by Crippen LogP contribution is 2.32. The Balaban J connectivity index is 1.59. The summed E-state index contributed by atoms with van der Waals surface area (Å²) in [4.78, 5) is 10.9. The molecule has 0 aromatic heterocycles. The third-order valence-corrected chi connectivity index (χ3v) is 3.44. The lowest BCUT2D eigenvalue weighted by Crippen LogP contribution is -1.98. The Morgan fingerprint density at radius 2 is 2.00 bits per heavy atom. The van der Waals surface area contributed by atoms with Crippen molar-refractivity contribution in [3.8, 4) is 11.5 Å². The molecular formula is C17H22O4. The summed E-state index contributed by atoms with van der Waals surface area (Å²) in [5, 5.41) is 0. The number of allylic oxidation sites excluding steroid dienone is 1. The normalized spacial score (nSPS) is 12.8. The molecule has 0 atom stereocenters. The third kappa shape index (κ3) is 5.14. The summed E-state index contributed by atoms with van der Waals surface area (Å²) >= 11 is 0. The first-order valence-corrected chi connectivity index (χ1v) is 7.42. The average Bonchev–Trinajstić information content (AvgIpc) is 2.97. The zero-order valence-electron chi connectivity index (χ0n) is 12.5. The van der Waals surface area contributed by atoms with Crippen LogP contribution in [-0.4, -0.2) is 19.9 Å². The van der Waals surface area contributed by atoms with Crippen molar-refractivity contribution in [3.05, 3.63) is 29.8 Å². The maximum atomic E-state index is 10.9. The van der Waals surface area contributed by atoms with Crippen LogP contribution in [0.2, 0.25) is 0 Å². The fraction of sp³-hybridized carbons (Fsp3) is 0.471. The van der Waals surface area contributed by atoms with E-state index in [0.29, 0.717) is 13.2 Å². The molecule has 0 fully saturated rings. The number of fused-ring (bicyclic) bond motifs is 1. The van der Waals surface area contributed by atoms with Crippen LogP contribution in [-0.2, 0) is 9.53 Å². The Hall–Kier alpha value is -1.97. The summed E-state index contributed by atoms with van der Waals surface area (Å²) in [6.45, 7) is 0.314. The Morgan fingerprint density at radius 3 is 2.86 bits per heavy atom. The molecule has 0 spiro atoms. The molecule has 0 radical (unpaired) electrons. The summed E-state index contributed by atoms with van der Waals surface area (Å²) < 4.78 is 15.2. The number of esters is 1. The van der Waals surface area contributed by atoms with Crippen LogP contribution in [0.15, 0.2) is 24.3 Å². The molecule has 0 aliphatic carbocycles. The van der Waals surface area contributed by atoms with E-state index in [1.807, 2.05) is 18.2 Å². The van der Waals surface area contributed by atoms with Gasteiger partial charge in [-0.3, -0.25) is 4.79 Å². The van der Waals surface area contributed by atoms with Crippen molar-refractivity contribution in [1.29, 1.82) is 0 Å². The SMILES string of the molecule is COC(=O)CCCCCCC=Cc1ccc2c(c1)OCO2. The Kier molecular flexibility index (Phi) is 6.13. The van der Waals surface area contributed by atoms with E-state index in [1.165, 1.54) is 7.11 Å². The quantitative estimate of drug-likeness (QED) is 0.537. The first kappa shape index (κ1) is 15.4. The van der Waals surface area contributed by atoms with Crippen molar-refractivity contribution < 1.29 is 19.0 Å². The van der Waals surface area contributed by atoms with Gasteiger partial charge >= 0.3 is 5.97 Å². The lowest BCUT2D eigenvalue weighted by atomic mass is 10.1. The lowest BCUT2D eigenvalue weighted by Gasteiger charge is -2.00. The van der Waals surface area contributed by atoms with Crippen LogP contribution in [0, 0.1) is 0 Å². The summed E-state index contributed by atoms with van der Waals surface area (Å²) in [6, 6.07) is 5.96. The second-order valence-corrected chi connectivity index (χ2v) is 5.04. The first-order chi connectivity index (χ1) is 10.3. The van der Waals surface area contributed by atoms with Gasteiger partial charge in [0.25, 0.3) is 0 Å². The summed E-state index contributed by atoms with van der Waals surface area (Å²) in [6.07, 6.45) is 10.1. The van der Waals surface area contributed by atoms with Gasteiger partial charge in [-0.05, 0) is 37.0 Å². The van der Waals surface area contributed by atoms with E-state index < -0.39 is 0 Å². The van der Waals surface area contributed by atoms with Gasteiger partial charge in [0.1, 0.15) is 0 Å². The molecule has 0 N–H and O–H groups in total. The van der Waals surface area contributed by atoms with Crippen molar-refractivity contribution >= 4 is 12.0 Å². The number of unbranched alkanes of at least 4 members (excludes halogenated alkanes) is 4. The summed E-state index contributed by atoms with van der Waals surface area (Å²) in [5.41, 5.74) is 1.13. The Bertz CT molecular complexity index is 494. The van der Waals surface area contributed by atoms with E-state index in [9.17, 15) is 4.79 Å². The minimum absolute atomic E-state index is 0.113. The topological polar surface area (TPSA) is 44.8 Å². The van der Waals surface area contributed by atoms with E-state index >= 15 is 0 Å². The van der Waals surface area contributed by atoms with Crippen molar-refractivity contribution in [1.82, 2.24) is 0 Å². The number of hydrogen-bond acceptors (Lipinski definition) is 4. The second kappa shape index (κ2) is 8.35. The van der Waals surface area contributed by atoms with E-state index in [2.05, 4.69) is 16.9 Å². The highest BCUT2D eigenvalue weighted by Gasteiger charge is 2.11. The van der Waals surface area contributed by atoms with Crippen LogP contribution < -0.4 is 9.47 Å². The number of ether oxygens (including phenoxy) is 3. The minimum Gasteiger partial charge on any atom is -0.469 e. The van der Waals surface area contributed by atoms with Crippen LogP contribution in [0.4, 0.5) is 0 Å². The predicted molar refractivity (Wildman–Crippen MR) is 81.3 cm³/mol. The van der Waals surface area contributed by atoms with Gasteiger partial charge in [-0.25, -0.2) is 0 Å². The largest absolute Gasteiger partial charge is 0.469 e. The third-order valence-electron chi connectivity index (χ3n) is 3.44. The Labute approximate surface area is 125 Å². The van der Waals surface area contributed by atoms with Crippen LogP contribution in [0.3, 0.4) is 0 Å². The molecule has 0 amide bonds. The number of methoxy groups -OCH3 is 1. The molecule has 1 heterocycles. The van der Waals surface area contributed by atoms with Crippen molar-refractivity contribution in [2.75, 3.05) is 13.9 Å². The molecule has 0 bridgehead atoms. The maximum Gasteiger partial charge on any atom is 0.305 e. The molecule has 21 heavy (non-hydrogen) atoms. The highest BCUT2D eigenvalue weighted by atomic mass is 16.7. The lowest BCUT2D eigenvalue weighted by molar-refractivity contribution is -0.140. The minimum atomic E-state index is -0.113. The van der Waals surface area contributed by atoms with E-state index in [1.54, 1.807) is 0 Å². The molecule has 1 aromatic rings. The van der Waals surface area contributed by atoms with Crippen LogP contribution in [0.25, 0.3) is 6.08 Å². The molecule has 1 aliphatic rings. The maximum absolute atomic E-state index is 10.9. The van der Waals surface area contributed by atoms with Crippen molar-refractivity contribution in [2.45, 2.75) is 38.5 Å². The monoisotopic (exact) mass is 290 g/mol. The molecule has 4 nitrogen and oxygen atoms in total. The van der Waals surface area contributed by atoms with Crippen molar-refractivity contribution in [2.24, 2.45) is 0 Å². The van der Waals surface area contributed by atoms with E-state index in [0.717, 1.165) is 49.2 Å². The van der Waals surface area contributed by atoms with Gasteiger partial charge in [-0.15, -0.1) is 0 Å². The number of benzene rings is 1. The predicted octanol–water partition coefficient (Wildman–Crippen LogP) is 3.94. The summed E-state index contributed by atoms with van der Waals surface area (Å²) in [5.74, 6) is 1.52. The van der Waals surface area contributed by atoms with Gasteiger partial charge in [0, 0.05) is 6.42 Å². The fourth-order valence-corrected chi connectivity index (χ4v) is 2.22. The zero-order chi connectivity index (χ0) is 14.9. The van der Waals surface area contributed by atoms with Gasteiger partial charge < -0.3 is 14.2 Å². The molecule has 0 unspecified atom stereocenters. The summed E-state index contributed by atoms with van der Waals surface area (Å²) in [7, 11) is 1.43. The van der Waals surface area contributed by atoms with E-state index in [-0.39, 0.29) is 5.97 Å². The van der Waals surface area contributed by atoms with Gasteiger partial charge in [0.15, 0.2) is 11.5 Å². The second-order valence-electron chi connectivity index (χ2n) is 5.04. The molecule has 2 rings (SSSR count). The number of rotatable bonds is 8. The molecule has 0 saturated carbocycles. The molecule has 0 saturated heterocycles. The molecule has 1 aromatic carbocycles. The van der Waals surface area contributed by atoms with Gasteiger partial charge in [0.05, 0.1) is 7.11 Å². The average molecular weight is 290 g/mol. The molecule has 1 aliphatic heterocycles. The van der Waals surface area contributed by atoms with Crippen LogP contribution in [0.5, 0.6) is 11.5 Å². The van der Waals surface area contributed by atoms with Crippen molar-refractivity contribution in [3.63, 3.8) is 0 Å². The van der Waals surface area contributed by atoms with Crippen LogP contribution >= 0.6 is 0 Å².